The highest BCUT2D eigenvalue weighted by atomic mass is 16.3. The van der Waals surface area contributed by atoms with Gasteiger partial charge in [0.05, 0.1) is 11.3 Å². The van der Waals surface area contributed by atoms with Crippen molar-refractivity contribution in [2.24, 2.45) is 0 Å². The molecule has 0 bridgehead atoms. The van der Waals surface area contributed by atoms with E-state index in [-0.39, 0.29) is 17.1 Å². The van der Waals surface area contributed by atoms with Crippen LogP contribution < -0.4 is 4.90 Å². The fraction of sp³-hybridized carbons (Fsp3) is 0.556. The Morgan fingerprint density at radius 3 is 2.30 bits per heavy atom. The van der Waals surface area contributed by atoms with Gasteiger partial charge in [-0.2, -0.15) is 0 Å². The monoisotopic (exact) mass is 319 g/mol. The number of hydrogen-bond donors (Lipinski definition) is 2. The van der Waals surface area contributed by atoms with Crippen molar-refractivity contribution in [2.75, 3.05) is 11.4 Å². The Kier molecular flexibility index (Phi) is 5.64. The molecule has 0 spiro atoms. The summed E-state index contributed by atoms with van der Waals surface area (Å²) in [5.41, 5.74) is 1.13. The molecule has 0 saturated carbocycles. The van der Waals surface area contributed by atoms with Crippen molar-refractivity contribution in [1.82, 2.24) is 0 Å². The van der Waals surface area contributed by atoms with Gasteiger partial charge in [0.2, 0.25) is 0 Å². The van der Waals surface area contributed by atoms with Crippen molar-refractivity contribution in [3.05, 3.63) is 17.2 Å². The topological polar surface area (TPSA) is 77.8 Å². The number of amides is 1. The van der Waals surface area contributed by atoms with Crippen molar-refractivity contribution in [3.8, 4) is 11.5 Å². The second-order valence-corrected chi connectivity index (χ2v) is 6.07. The summed E-state index contributed by atoms with van der Waals surface area (Å²) < 4.78 is 0. The van der Waals surface area contributed by atoms with Crippen molar-refractivity contribution in [1.29, 1.82) is 0 Å². The molecule has 0 aromatic heterocycles. The summed E-state index contributed by atoms with van der Waals surface area (Å²) in [5.74, 6) is -1.66. The van der Waals surface area contributed by atoms with Gasteiger partial charge in [-0.1, -0.05) is 39.5 Å². The van der Waals surface area contributed by atoms with Gasteiger partial charge in [-0.15, -0.1) is 0 Å². The van der Waals surface area contributed by atoms with Gasteiger partial charge in [0, 0.05) is 18.2 Å². The molecule has 1 aromatic carbocycles. The van der Waals surface area contributed by atoms with Gasteiger partial charge < -0.3 is 15.1 Å². The van der Waals surface area contributed by atoms with Crippen molar-refractivity contribution in [2.45, 2.75) is 58.8 Å². The molecule has 5 heteroatoms. The third kappa shape index (κ3) is 3.33. The number of anilines is 1. The normalized spacial score (nSPS) is 13.7. The van der Waals surface area contributed by atoms with Crippen LogP contribution in [-0.2, 0) is 11.2 Å². The zero-order chi connectivity index (χ0) is 17.0. The predicted octanol–water partition coefficient (Wildman–Crippen LogP) is 3.55. The Morgan fingerprint density at radius 1 is 1.00 bits per heavy atom. The van der Waals surface area contributed by atoms with Crippen molar-refractivity contribution in [3.63, 3.8) is 0 Å². The van der Waals surface area contributed by atoms with E-state index < -0.39 is 11.7 Å². The SMILES string of the molecule is CCCCCc1c(O)c(O)cc2c1C(=O)C(=O)N2CCCCC. The van der Waals surface area contributed by atoms with Crippen molar-refractivity contribution >= 4 is 17.4 Å². The number of Topliss-reactive ketones (excluding diaryl/α,β-unsaturated/α-hetero) is 1. The molecule has 2 N–H and O–H groups in total. The van der Waals surface area contributed by atoms with E-state index in [4.69, 9.17) is 0 Å². The van der Waals surface area contributed by atoms with E-state index in [0.29, 0.717) is 24.2 Å². The number of hydrogen-bond acceptors (Lipinski definition) is 4. The molecule has 0 aliphatic carbocycles. The van der Waals surface area contributed by atoms with Gasteiger partial charge in [0.25, 0.3) is 11.7 Å². The van der Waals surface area contributed by atoms with E-state index in [1.807, 2.05) is 0 Å². The summed E-state index contributed by atoms with van der Waals surface area (Å²) in [7, 11) is 0. The maximum absolute atomic E-state index is 12.4. The molecular weight excluding hydrogens is 294 g/mol. The molecule has 1 amide bonds. The number of ketones is 1. The minimum absolute atomic E-state index is 0.266. The largest absolute Gasteiger partial charge is 0.504 e. The number of nitrogens with zero attached hydrogens (tertiary/aromatic N) is 1. The number of unbranched alkanes of at least 4 members (excludes halogenated alkanes) is 4. The lowest BCUT2D eigenvalue weighted by molar-refractivity contribution is -0.114. The molecule has 5 nitrogen and oxygen atoms in total. The molecule has 1 aromatic rings. The summed E-state index contributed by atoms with van der Waals surface area (Å²) >= 11 is 0. The highest BCUT2D eigenvalue weighted by molar-refractivity contribution is 6.52. The molecular formula is C18H25NO4. The third-order valence-electron chi connectivity index (χ3n) is 4.33. The van der Waals surface area contributed by atoms with Crippen LogP contribution in [-0.4, -0.2) is 28.4 Å². The number of rotatable bonds is 8. The first kappa shape index (κ1) is 17.3. The van der Waals surface area contributed by atoms with E-state index >= 15 is 0 Å². The molecule has 1 aliphatic heterocycles. The second kappa shape index (κ2) is 7.49. The quantitative estimate of drug-likeness (QED) is 0.436. The Labute approximate surface area is 136 Å². The maximum atomic E-state index is 12.4. The van der Waals surface area contributed by atoms with E-state index in [9.17, 15) is 19.8 Å². The summed E-state index contributed by atoms with van der Waals surface area (Å²) in [6.07, 6.45) is 6.06. The number of aromatic hydroxyl groups is 2. The van der Waals surface area contributed by atoms with Crippen LogP contribution in [0.15, 0.2) is 6.07 Å². The van der Waals surface area contributed by atoms with Crippen LogP contribution >= 0.6 is 0 Å². The Hall–Kier alpha value is -2.04. The molecule has 126 valence electrons. The minimum Gasteiger partial charge on any atom is -0.504 e. The molecule has 2 rings (SSSR count). The van der Waals surface area contributed by atoms with Gasteiger partial charge in [0.15, 0.2) is 11.5 Å². The van der Waals surface area contributed by atoms with Crippen LogP contribution in [0, 0.1) is 0 Å². The van der Waals surface area contributed by atoms with Crippen LogP contribution in [0.2, 0.25) is 0 Å². The van der Waals surface area contributed by atoms with Crippen LogP contribution in [0.25, 0.3) is 0 Å². The summed E-state index contributed by atoms with van der Waals surface area (Å²) in [5, 5.41) is 20.1. The lowest BCUT2D eigenvalue weighted by Crippen LogP contribution is -2.30. The molecule has 0 unspecified atom stereocenters. The molecule has 0 saturated heterocycles. The number of carbonyl (C=O) groups is 2. The number of fused-ring (bicyclic) bond motifs is 1. The van der Waals surface area contributed by atoms with Crippen LogP contribution in [0.4, 0.5) is 5.69 Å². The first-order valence-corrected chi connectivity index (χ1v) is 8.46. The number of carbonyl (C=O) groups excluding carboxylic acids is 2. The fourth-order valence-electron chi connectivity index (χ4n) is 3.04. The second-order valence-electron chi connectivity index (χ2n) is 6.07. The summed E-state index contributed by atoms with van der Waals surface area (Å²) in [4.78, 5) is 26.1. The average Bonchev–Trinajstić information content (AvgIpc) is 2.76. The number of benzene rings is 1. The molecule has 1 heterocycles. The number of phenols is 2. The average molecular weight is 319 g/mol. The van der Waals surface area contributed by atoms with Gasteiger partial charge in [0.1, 0.15) is 0 Å². The van der Waals surface area contributed by atoms with Crippen molar-refractivity contribution < 1.29 is 19.8 Å². The first-order chi connectivity index (χ1) is 11.0. The van der Waals surface area contributed by atoms with Gasteiger partial charge >= 0.3 is 0 Å². The van der Waals surface area contributed by atoms with E-state index in [1.54, 1.807) is 0 Å². The lowest BCUT2D eigenvalue weighted by Gasteiger charge is -2.18. The smallest absolute Gasteiger partial charge is 0.299 e. The predicted molar refractivity (Wildman–Crippen MR) is 89.2 cm³/mol. The van der Waals surface area contributed by atoms with Gasteiger partial charge in [-0.05, 0) is 19.3 Å². The Balaban J connectivity index is 2.38. The fourth-order valence-corrected chi connectivity index (χ4v) is 3.04. The maximum Gasteiger partial charge on any atom is 0.299 e. The number of phenolic OH excluding ortho intramolecular Hbond substituents is 2. The molecule has 23 heavy (non-hydrogen) atoms. The zero-order valence-corrected chi connectivity index (χ0v) is 13.9. The van der Waals surface area contributed by atoms with E-state index in [1.165, 1.54) is 11.0 Å². The standard InChI is InChI=1S/C18H25NO4/c1-3-5-7-9-12-15-13(11-14(20)16(12)21)19(10-8-6-4-2)18(23)17(15)22/h11,20-21H,3-10H2,1-2H3. The van der Waals surface area contributed by atoms with E-state index in [2.05, 4.69) is 13.8 Å². The first-order valence-electron chi connectivity index (χ1n) is 8.46. The zero-order valence-electron chi connectivity index (χ0n) is 13.9. The van der Waals surface area contributed by atoms with Gasteiger partial charge in [-0.3, -0.25) is 9.59 Å². The molecule has 0 radical (unpaired) electrons. The summed E-state index contributed by atoms with van der Waals surface area (Å²) in [6, 6.07) is 1.34. The lowest BCUT2D eigenvalue weighted by atomic mass is 9.97. The minimum atomic E-state index is -0.571. The molecule has 1 aliphatic rings. The van der Waals surface area contributed by atoms with Crippen LogP contribution in [0.1, 0.15) is 68.3 Å². The third-order valence-corrected chi connectivity index (χ3v) is 4.33. The molecule has 0 fully saturated rings. The highest BCUT2D eigenvalue weighted by Crippen LogP contribution is 2.42. The Bertz CT molecular complexity index is 610. The highest BCUT2D eigenvalue weighted by Gasteiger charge is 2.39. The van der Waals surface area contributed by atoms with Crippen LogP contribution in [0.3, 0.4) is 0 Å². The molecule has 0 atom stereocenters. The van der Waals surface area contributed by atoms with Crippen LogP contribution in [0.5, 0.6) is 11.5 Å². The Morgan fingerprint density at radius 2 is 1.65 bits per heavy atom. The van der Waals surface area contributed by atoms with Gasteiger partial charge in [-0.25, -0.2) is 0 Å². The van der Waals surface area contributed by atoms with E-state index in [0.717, 1.165) is 38.5 Å². The summed E-state index contributed by atoms with van der Waals surface area (Å²) in [6.45, 7) is 4.60.